The number of hydrogen-bond acceptors (Lipinski definition) is 8. The molecule has 0 spiro atoms. The summed E-state index contributed by atoms with van der Waals surface area (Å²) in [5.74, 6) is -1.43. The van der Waals surface area contributed by atoms with E-state index in [9.17, 15) is 23.6 Å². The predicted octanol–water partition coefficient (Wildman–Crippen LogP) is 3.91. The zero-order valence-corrected chi connectivity index (χ0v) is 24.1. The molecule has 0 radical (unpaired) electrons. The van der Waals surface area contributed by atoms with E-state index in [1.54, 1.807) is 41.3 Å². The molecule has 5 heterocycles. The monoisotopic (exact) mass is 601 g/mol. The Labute approximate surface area is 252 Å². The van der Waals surface area contributed by atoms with Crippen LogP contribution in [0.4, 0.5) is 32.1 Å². The molecule has 1 unspecified atom stereocenters. The maximum Gasteiger partial charge on any atom is 0.322 e. The predicted molar refractivity (Wildman–Crippen MR) is 159 cm³/mol. The first kappa shape index (κ1) is 29.0. The van der Waals surface area contributed by atoms with Crippen molar-refractivity contribution in [2.24, 2.45) is 0 Å². The average molecular weight is 602 g/mol. The lowest BCUT2D eigenvalue weighted by atomic mass is 10.0. The number of nitrogens with zero attached hydrogens (tertiary/aromatic N) is 3. The van der Waals surface area contributed by atoms with Crippen molar-refractivity contribution in [1.82, 2.24) is 20.2 Å². The molecule has 44 heavy (non-hydrogen) atoms. The molecule has 0 saturated carbocycles. The molecular formula is C31H32FN7O5. The van der Waals surface area contributed by atoms with E-state index in [1.165, 1.54) is 6.92 Å². The molecule has 4 aliphatic heterocycles. The summed E-state index contributed by atoms with van der Waals surface area (Å²) in [6.07, 6.45) is 3.93. The van der Waals surface area contributed by atoms with Crippen LogP contribution in [0.5, 0.6) is 5.75 Å². The number of rotatable bonds is 0. The number of ketones is 1. The Morgan fingerprint density at radius 3 is 2.68 bits per heavy atom. The first-order chi connectivity index (χ1) is 21.2. The minimum atomic E-state index is -1.81. The van der Waals surface area contributed by atoms with E-state index in [4.69, 9.17) is 4.74 Å². The van der Waals surface area contributed by atoms with Crippen LogP contribution in [0, 0.1) is 5.82 Å². The van der Waals surface area contributed by atoms with E-state index in [-0.39, 0.29) is 42.8 Å². The molecule has 8 bridgehead atoms. The molecule has 3 aromatic rings. The summed E-state index contributed by atoms with van der Waals surface area (Å²) in [5, 5.41) is 11.3. The quantitative estimate of drug-likeness (QED) is 0.283. The summed E-state index contributed by atoms with van der Waals surface area (Å²) < 4.78 is 20.6. The first-order valence-electron chi connectivity index (χ1n) is 14.6. The Morgan fingerprint density at radius 1 is 0.977 bits per heavy atom. The number of aromatic nitrogens is 2. The lowest BCUT2D eigenvalue weighted by Gasteiger charge is -2.33. The molecule has 228 valence electrons. The van der Waals surface area contributed by atoms with E-state index < -0.39 is 29.3 Å². The molecule has 4 N–H and O–H groups in total. The van der Waals surface area contributed by atoms with Crippen molar-refractivity contribution in [3.63, 3.8) is 0 Å². The average Bonchev–Trinajstić information content (AvgIpc) is 3.50. The van der Waals surface area contributed by atoms with Crippen molar-refractivity contribution in [2.75, 3.05) is 29.0 Å². The Kier molecular flexibility index (Phi) is 7.85. The first-order valence-corrected chi connectivity index (χ1v) is 14.6. The van der Waals surface area contributed by atoms with Gasteiger partial charge >= 0.3 is 6.03 Å². The van der Waals surface area contributed by atoms with Gasteiger partial charge in [-0.2, -0.15) is 0 Å². The van der Waals surface area contributed by atoms with Gasteiger partial charge in [-0.05, 0) is 68.5 Å². The lowest BCUT2D eigenvalue weighted by molar-refractivity contribution is -0.146. The minimum absolute atomic E-state index is 0.0287. The van der Waals surface area contributed by atoms with Crippen LogP contribution in [0.25, 0.3) is 0 Å². The van der Waals surface area contributed by atoms with Crippen molar-refractivity contribution in [3.8, 4) is 5.75 Å². The van der Waals surface area contributed by atoms with Gasteiger partial charge in [0.05, 0.1) is 17.9 Å². The smallest absolute Gasteiger partial charge is 0.322 e. The number of anilines is 4. The van der Waals surface area contributed by atoms with Crippen molar-refractivity contribution in [1.29, 1.82) is 0 Å². The Hall–Kier alpha value is -5.07. The molecular weight excluding hydrogens is 569 g/mol. The highest BCUT2D eigenvalue weighted by Crippen LogP contribution is 2.36. The third kappa shape index (κ3) is 5.90. The molecule has 1 saturated heterocycles. The number of fused-ring (bicyclic) bond motifs is 9. The molecule has 2 atom stereocenters. The molecule has 0 aliphatic carbocycles. The fourth-order valence-electron chi connectivity index (χ4n) is 5.61. The number of benzene rings is 2. The second-order valence-electron chi connectivity index (χ2n) is 11.2. The highest BCUT2D eigenvalue weighted by Gasteiger charge is 2.47. The fraction of sp³-hybridized carbons (Fsp3) is 0.355. The van der Waals surface area contributed by atoms with E-state index in [0.29, 0.717) is 48.7 Å². The van der Waals surface area contributed by atoms with Crippen molar-refractivity contribution in [2.45, 2.75) is 57.1 Å². The van der Waals surface area contributed by atoms with Crippen molar-refractivity contribution >= 4 is 46.5 Å². The number of urea groups is 1. The summed E-state index contributed by atoms with van der Waals surface area (Å²) in [4.78, 5) is 62.3. The maximum absolute atomic E-state index is 14.7. The number of hydrogen-bond donors (Lipinski definition) is 4. The van der Waals surface area contributed by atoms with Crippen LogP contribution in [0.2, 0.25) is 0 Å². The number of amides is 4. The summed E-state index contributed by atoms with van der Waals surface area (Å²) in [5.41, 5.74) is 0.270. The zero-order chi connectivity index (χ0) is 30.8. The van der Waals surface area contributed by atoms with Crippen molar-refractivity contribution in [3.05, 3.63) is 65.9 Å². The number of carbonyl (C=O) groups excluding carboxylic acids is 4. The molecule has 1 fully saturated rings. The number of ether oxygens (including phenoxy) is 1. The second kappa shape index (κ2) is 11.9. The van der Waals surface area contributed by atoms with Gasteiger partial charge in [0, 0.05) is 37.3 Å². The topological polar surface area (TPSA) is 155 Å². The van der Waals surface area contributed by atoms with E-state index in [0.717, 1.165) is 18.2 Å². The van der Waals surface area contributed by atoms with Crippen LogP contribution in [-0.2, 0) is 20.8 Å². The van der Waals surface area contributed by atoms with Crippen LogP contribution in [0.1, 0.15) is 50.4 Å². The van der Waals surface area contributed by atoms with Crippen LogP contribution in [0.3, 0.4) is 0 Å². The van der Waals surface area contributed by atoms with Gasteiger partial charge in [0.25, 0.3) is 17.4 Å². The van der Waals surface area contributed by atoms with E-state index in [1.807, 2.05) is 6.07 Å². The van der Waals surface area contributed by atoms with Gasteiger partial charge in [-0.25, -0.2) is 19.2 Å². The highest BCUT2D eigenvalue weighted by atomic mass is 19.1. The summed E-state index contributed by atoms with van der Waals surface area (Å²) in [6, 6.07) is 11.1. The number of halogens is 1. The Balaban J connectivity index is 1.29. The van der Waals surface area contributed by atoms with Gasteiger partial charge in [0.1, 0.15) is 11.6 Å². The normalized spacial score (nSPS) is 22.5. The van der Waals surface area contributed by atoms with Gasteiger partial charge in [-0.15, -0.1) is 0 Å². The number of Topliss-reactive ketones (excluding diaryl/α,β-unsaturated/α-hetero) is 1. The van der Waals surface area contributed by atoms with E-state index >= 15 is 0 Å². The summed E-state index contributed by atoms with van der Waals surface area (Å²) in [7, 11) is 0. The Morgan fingerprint density at radius 2 is 1.82 bits per heavy atom. The minimum Gasteiger partial charge on any atom is -0.466 e. The van der Waals surface area contributed by atoms with Crippen molar-refractivity contribution < 1.29 is 28.3 Å². The molecule has 12 nitrogen and oxygen atoms in total. The molecule has 4 amide bonds. The fourth-order valence-corrected chi connectivity index (χ4v) is 5.61. The standard InChI is InChI=1S/C31H32FN7O5/c1-31-28(41)33-12-3-2-9-24(40)23-8-5-13-39(23)30(43)36-19-7-4-6-18(14-19)15-26-34-17-21(32)27(38-26)35-20-10-11-25(44-31)22(16-20)37-29(31)42/h4,6-7,10-11,14,16-17,23H,2-3,5,8-9,12-13,15H2,1H3,(H,33,41)(H,36,43)(H,37,42)(H,34,35,38)/t23-,31?/m1/s1. The van der Waals surface area contributed by atoms with Gasteiger partial charge in [0.15, 0.2) is 17.4 Å². The van der Waals surface area contributed by atoms with Gasteiger partial charge < -0.3 is 30.9 Å². The molecule has 13 heteroatoms. The molecule has 7 rings (SSSR count). The lowest BCUT2D eigenvalue weighted by Crippen LogP contribution is -2.58. The third-order valence-corrected chi connectivity index (χ3v) is 8.03. The summed E-state index contributed by atoms with van der Waals surface area (Å²) in [6.45, 7) is 2.10. The van der Waals surface area contributed by atoms with Gasteiger partial charge in [-0.3, -0.25) is 14.4 Å². The third-order valence-electron chi connectivity index (χ3n) is 8.03. The van der Waals surface area contributed by atoms with E-state index in [2.05, 4.69) is 31.2 Å². The SMILES string of the molecule is CC12Oc3ccc(cc3NC1=O)Nc1nc(ncc1F)Cc1cccc(c1)NC(=O)N1CCC[C@@H]1C(=O)CCCCNC2=O. The zero-order valence-electron chi connectivity index (χ0n) is 24.1. The number of nitrogens with one attached hydrogen (secondary N) is 4. The molecule has 1 aromatic heterocycles. The second-order valence-corrected chi connectivity index (χ2v) is 11.2. The number of carbonyl (C=O) groups is 4. The largest absolute Gasteiger partial charge is 0.466 e. The van der Waals surface area contributed by atoms with Crippen LogP contribution in [-0.4, -0.2) is 63.2 Å². The highest BCUT2D eigenvalue weighted by molar-refractivity contribution is 6.15. The van der Waals surface area contributed by atoms with Gasteiger partial charge in [-0.1, -0.05) is 12.1 Å². The maximum atomic E-state index is 14.7. The Bertz CT molecular complexity index is 1650. The van der Waals surface area contributed by atoms with Crippen LogP contribution >= 0.6 is 0 Å². The van der Waals surface area contributed by atoms with Gasteiger partial charge in [0.2, 0.25) is 0 Å². The van der Waals surface area contributed by atoms with Crippen LogP contribution in [0.15, 0.2) is 48.7 Å². The van der Waals surface area contributed by atoms with Crippen LogP contribution < -0.4 is 26.0 Å². The summed E-state index contributed by atoms with van der Waals surface area (Å²) >= 11 is 0. The molecule has 2 aromatic carbocycles. The molecule has 4 aliphatic rings.